The topological polar surface area (TPSA) is 418 Å². The molecule has 30 nitrogen and oxygen atoms in total. The van der Waals surface area contributed by atoms with Gasteiger partial charge in [0.25, 0.3) is 23.6 Å². The zero-order valence-corrected chi connectivity index (χ0v) is 44.6. The third-order valence-electron chi connectivity index (χ3n) is 11.2. The molecule has 1 fully saturated rings. The minimum atomic E-state index is -2.06. The minimum absolute atomic E-state index is 0.0117. The summed E-state index contributed by atoms with van der Waals surface area (Å²) in [6, 6.07) is 2.21. The molecule has 0 bridgehead atoms. The largest absolute Gasteiger partial charge is 0.543 e. The molecule has 3 aromatic rings. The van der Waals surface area contributed by atoms with E-state index in [4.69, 9.17) is 24.0 Å². The Kier molecular flexibility index (Phi) is 17.0. The number of carboxylic acids is 4. The second-order valence-electron chi connectivity index (χ2n) is 18.2. The van der Waals surface area contributed by atoms with Crippen LogP contribution in [0.3, 0.4) is 0 Å². The van der Waals surface area contributed by atoms with Crippen molar-refractivity contribution in [1.82, 2.24) is 30.8 Å². The van der Waals surface area contributed by atoms with Gasteiger partial charge in [-0.2, -0.15) is 5.48 Å². The molecule has 2 unspecified atom stereocenters. The third kappa shape index (κ3) is 12.9. The Balaban J connectivity index is 1.14. The van der Waals surface area contributed by atoms with Gasteiger partial charge in [-0.15, -0.1) is 46.2 Å². The summed E-state index contributed by atoms with van der Waals surface area (Å²) in [4.78, 5) is 154. The number of oxime groups is 2. The van der Waals surface area contributed by atoms with Gasteiger partial charge in [0.2, 0.25) is 21.9 Å². The van der Waals surface area contributed by atoms with E-state index in [0.717, 1.165) is 70.0 Å². The number of pyridine rings is 1. The van der Waals surface area contributed by atoms with E-state index >= 15 is 0 Å². The van der Waals surface area contributed by atoms with Crippen LogP contribution in [0, 0.1) is 0 Å². The van der Waals surface area contributed by atoms with Crippen LogP contribution in [-0.2, 0) is 73.7 Å². The number of amides is 4. The van der Waals surface area contributed by atoms with Gasteiger partial charge >= 0.3 is 30.0 Å². The van der Waals surface area contributed by atoms with Crippen LogP contribution in [-0.4, -0.2) is 159 Å². The van der Waals surface area contributed by atoms with Crippen molar-refractivity contribution in [3.8, 4) is 0 Å². The number of esters is 1. The highest BCUT2D eigenvalue weighted by Crippen LogP contribution is 2.40. The molecule has 0 aliphatic carbocycles. The summed E-state index contributed by atoms with van der Waals surface area (Å²) >= 11 is 3.63. The Hall–Kier alpha value is -8.37. The molecule has 4 amide bonds. The van der Waals surface area contributed by atoms with Crippen LogP contribution in [0.25, 0.3) is 0 Å². The number of hydrogen-bond donors (Lipinski definition) is 8. The van der Waals surface area contributed by atoms with Crippen molar-refractivity contribution in [2.75, 3.05) is 28.9 Å². The lowest BCUT2D eigenvalue weighted by atomic mass is 10.0. The number of cyclic esters (lactones) is 1. The summed E-state index contributed by atoms with van der Waals surface area (Å²) in [5, 5.41) is 58.9. The number of fused-ring (bicyclic) bond motifs is 1. The van der Waals surface area contributed by atoms with Crippen LogP contribution in [0.2, 0.25) is 0 Å². The number of ether oxygens (including phenoxy) is 2. The molecule has 414 valence electrons. The zero-order chi connectivity index (χ0) is 57.0. The van der Waals surface area contributed by atoms with Crippen molar-refractivity contribution in [2.24, 2.45) is 10.3 Å². The number of thiazole rings is 2. The highest BCUT2D eigenvalue weighted by atomic mass is 32.2. The fraction of sp³-hybridized carbons (Fsp3) is 0.386. The van der Waals surface area contributed by atoms with E-state index in [0.29, 0.717) is 33.8 Å². The Labute approximate surface area is 455 Å². The van der Waals surface area contributed by atoms with Gasteiger partial charge in [-0.3, -0.25) is 24.1 Å². The lowest BCUT2D eigenvalue weighted by Gasteiger charge is -2.50. The first kappa shape index (κ1) is 57.3. The van der Waals surface area contributed by atoms with Gasteiger partial charge in [-0.1, -0.05) is 16.4 Å². The van der Waals surface area contributed by atoms with Gasteiger partial charge < -0.3 is 70.5 Å². The number of carbonyl (C=O) groups is 10. The lowest BCUT2D eigenvalue weighted by molar-refractivity contribution is -0.689. The first-order valence-corrected chi connectivity index (χ1v) is 26.3. The fourth-order valence-corrected chi connectivity index (χ4v) is 10.6. The molecule has 0 radical (unpaired) electrons. The molecule has 8 N–H and O–H groups in total. The van der Waals surface area contributed by atoms with Crippen molar-refractivity contribution in [2.45, 2.75) is 87.7 Å². The summed E-state index contributed by atoms with van der Waals surface area (Å²) in [6.45, 7) is 6.70. The molecular formula is C44H45N11O19S4. The Bertz CT molecular complexity index is 3120. The molecule has 3 aromatic heterocycles. The molecule has 0 spiro atoms. The predicted octanol–water partition coefficient (Wildman–Crippen LogP) is -0.901. The molecule has 34 heteroatoms. The maximum absolute atomic E-state index is 14.5. The maximum atomic E-state index is 14.5. The fourth-order valence-electron chi connectivity index (χ4n) is 6.74. The highest BCUT2D eigenvalue weighted by molar-refractivity contribution is 8.00. The number of thioether (sulfide) groups is 2. The average Bonchev–Trinajstić information content (AvgIpc) is 4.25. The molecule has 78 heavy (non-hydrogen) atoms. The number of nitrogens with zero attached hydrogens (tertiary/aromatic N) is 6. The Morgan fingerprint density at radius 1 is 0.846 bits per heavy atom. The standard InChI is InChI=1S/C44H45N11O19S4/c1-42(2,36(63)64)71-41(69)72-53-40-46-21(17-78-40)24(52-74-44(5,6)38(67)68)28(56)47-25(31-49-22-19(15-75-31)13-70-35(22)62)30(58)50-39-45-20(16-77-39)23(51-73-43(3,4)37(65)66)29(57)48-26-32(59)55-27(34(60)61)18(14-76-33(26)55)12-54-10-8-7-9-11-54/h7-11,16-17,25-26,31,33,49H,12-15H2,1-6H3,(H7-,45,46,47,48,50,53,56,57,58,60,61,63,64,65,66,67,68)/b51-23-,52-24-/t25?,26-,31?,33-/m0/s1. The maximum Gasteiger partial charge on any atom is 0.534 e. The molecule has 0 saturated carbocycles. The Morgan fingerprint density at radius 2 is 1.44 bits per heavy atom. The Morgan fingerprint density at radius 3 is 2.04 bits per heavy atom. The van der Waals surface area contributed by atoms with E-state index in [9.17, 15) is 68.4 Å². The van der Waals surface area contributed by atoms with E-state index in [-0.39, 0.29) is 57.7 Å². The van der Waals surface area contributed by atoms with Gasteiger partial charge in [-0.25, -0.2) is 38.5 Å². The van der Waals surface area contributed by atoms with Crippen molar-refractivity contribution < 1.29 is 96.9 Å². The number of carbonyl (C=O) groups excluding carboxylic acids is 7. The first-order chi connectivity index (χ1) is 36.7. The van der Waals surface area contributed by atoms with Crippen LogP contribution in [0.5, 0.6) is 0 Å². The first-order valence-electron chi connectivity index (χ1n) is 22.5. The minimum Gasteiger partial charge on any atom is -0.543 e. The normalized spacial score (nSPS) is 18.9. The van der Waals surface area contributed by atoms with E-state index in [1.54, 1.807) is 35.2 Å². The number of rotatable bonds is 22. The molecule has 4 aliphatic rings. The number of anilines is 2. The smallest absolute Gasteiger partial charge is 0.534 e. The molecule has 0 aromatic carbocycles. The van der Waals surface area contributed by atoms with E-state index in [1.165, 1.54) is 10.8 Å². The van der Waals surface area contributed by atoms with Gasteiger partial charge in [0.05, 0.1) is 11.7 Å². The monoisotopic (exact) mass is 1160 g/mol. The summed E-state index contributed by atoms with van der Waals surface area (Å²) in [5.74, 6) is -10.8. The van der Waals surface area contributed by atoms with E-state index in [1.807, 2.05) is 0 Å². The van der Waals surface area contributed by atoms with Gasteiger partial charge in [-0.05, 0) is 41.5 Å². The number of aromatic nitrogens is 3. The third-order valence-corrected chi connectivity index (χ3v) is 15.3. The van der Waals surface area contributed by atoms with Crippen molar-refractivity contribution in [3.05, 3.63) is 75.3 Å². The van der Waals surface area contributed by atoms with Crippen LogP contribution in [0.15, 0.2) is 74.2 Å². The zero-order valence-electron chi connectivity index (χ0n) is 41.4. The van der Waals surface area contributed by atoms with Crippen LogP contribution in [0.1, 0.15) is 52.9 Å². The van der Waals surface area contributed by atoms with Crippen LogP contribution in [0.4, 0.5) is 15.1 Å². The molecule has 1 saturated heterocycles. The number of nitrogens with one attached hydrogen (secondary N) is 5. The number of aliphatic carboxylic acids is 4. The number of hydrogen-bond acceptors (Lipinski definition) is 26. The molecule has 4 aliphatic heterocycles. The van der Waals surface area contributed by atoms with Crippen LogP contribution >= 0.6 is 46.2 Å². The summed E-state index contributed by atoms with van der Waals surface area (Å²) in [7, 11) is 0. The summed E-state index contributed by atoms with van der Waals surface area (Å²) < 4.78 is 11.6. The highest BCUT2D eigenvalue weighted by Gasteiger charge is 2.54. The quantitative estimate of drug-likeness (QED) is 0.0199. The van der Waals surface area contributed by atoms with Crippen molar-refractivity contribution >= 4 is 128 Å². The number of β-lactam (4-membered cyclic amide) rings is 1. The van der Waals surface area contributed by atoms with Crippen LogP contribution < -0.4 is 36.4 Å². The number of carboxylic acid groups (broad SMARTS) is 4. The molecular weight excluding hydrogens is 1110 g/mol. The summed E-state index contributed by atoms with van der Waals surface area (Å²) in [5.41, 5.74) is -5.49. The van der Waals surface area contributed by atoms with Gasteiger partial charge in [0, 0.05) is 45.5 Å². The van der Waals surface area contributed by atoms with E-state index in [2.05, 4.69) is 47.0 Å². The van der Waals surface area contributed by atoms with Gasteiger partial charge in [0.1, 0.15) is 46.5 Å². The average molecular weight is 1160 g/mol. The van der Waals surface area contributed by atoms with Crippen molar-refractivity contribution in [3.63, 3.8) is 0 Å². The van der Waals surface area contributed by atoms with Crippen molar-refractivity contribution in [1.29, 1.82) is 0 Å². The van der Waals surface area contributed by atoms with E-state index < -0.39 is 111 Å². The second kappa shape index (κ2) is 23.1. The summed E-state index contributed by atoms with van der Waals surface area (Å²) in [6.07, 6.45) is 1.94. The lowest BCUT2D eigenvalue weighted by Crippen LogP contribution is -2.71. The SMILES string of the molecule is CC(C)(O/N=C(\C(=O)NC(C(=O)Nc1nc(/C(=N/OC(C)(C)C(=O)O)C(=O)N[C@H]2C(=O)N3C(C(=O)[O-])=C(C[n+]4ccccc4)CS[C@@H]23)cs1)C1NC2=C(COC2=O)CS1)c1csc(NOC(=O)OC(C)(C)C(=O)O)n1)C(=O)O. The predicted molar refractivity (Wildman–Crippen MR) is 267 cm³/mol. The second-order valence-corrected chi connectivity index (χ2v) is 22.1. The van der Waals surface area contributed by atoms with Gasteiger partial charge in [0.15, 0.2) is 35.5 Å². The molecule has 7 heterocycles. The molecule has 4 atom stereocenters. The molecule has 7 rings (SSSR count).